The molecule has 106 heavy (non-hydrogen) atoms. The van der Waals surface area contributed by atoms with Crippen LogP contribution in [0, 0.1) is 41.4 Å². The van der Waals surface area contributed by atoms with Crippen molar-refractivity contribution < 1.29 is 72.1 Å². The molecular formula is C79H130N12O15. The Labute approximate surface area is 631 Å². The van der Waals surface area contributed by atoms with Crippen LogP contribution in [0.1, 0.15) is 181 Å². The van der Waals surface area contributed by atoms with Gasteiger partial charge in [-0.1, -0.05) is 133 Å². The molecule has 12 amide bonds. The summed E-state index contributed by atoms with van der Waals surface area (Å²) in [6.45, 7) is 31.4. The SMILES string of the molecule is CC=CCC(C)C(O)C1C(=O)NC(CC)C(=O)N(C)CC(=O)N(C)C(CC(C)C)C(=O)NC(C(C)C)C(=O)N(C)C(CC(C)C)C(=O)NC(C)C(=O)NC(C)C(=O)N(C)C(CC(C)C)C(=O)N(C)C(CC(C)C)C(=O)N(C)C(C(C)C)C(=O)N1C.O=C(C=CC=Cc1ccc2c(c1)OCO2)N1CCCCC1. The first-order valence-electron chi connectivity index (χ1n) is 37.9. The van der Waals surface area contributed by atoms with Gasteiger partial charge in [-0.15, -0.1) is 0 Å². The van der Waals surface area contributed by atoms with Crippen molar-refractivity contribution in [2.24, 2.45) is 41.4 Å². The molecule has 0 aliphatic carbocycles. The molecule has 5 N–H and O–H groups in total. The van der Waals surface area contributed by atoms with Crippen molar-refractivity contribution in [1.82, 2.24) is 60.5 Å². The number of piperidine rings is 1. The van der Waals surface area contributed by atoms with Crippen LogP contribution in [0.15, 0.2) is 48.6 Å². The van der Waals surface area contributed by atoms with Gasteiger partial charge in [0.1, 0.15) is 60.4 Å². The van der Waals surface area contributed by atoms with Crippen molar-refractivity contribution in [2.75, 3.05) is 75.8 Å². The Morgan fingerprint density at radius 2 is 1.02 bits per heavy atom. The number of allylic oxidation sites excluding steroid dienone is 4. The second-order valence-corrected chi connectivity index (χ2v) is 31.3. The van der Waals surface area contributed by atoms with Gasteiger partial charge >= 0.3 is 0 Å². The van der Waals surface area contributed by atoms with Gasteiger partial charge in [0.15, 0.2) is 11.5 Å². The van der Waals surface area contributed by atoms with Crippen LogP contribution in [0.3, 0.4) is 0 Å². The summed E-state index contributed by atoms with van der Waals surface area (Å²) in [5, 5.41) is 23.1. The molecule has 1 aromatic carbocycles. The summed E-state index contributed by atoms with van der Waals surface area (Å²) < 4.78 is 10.6. The molecule has 596 valence electrons. The number of aliphatic hydroxyl groups excluding tert-OH is 1. The zero-order chi connectivity index (χ0) is 80.5. The van der Waals surface area contributed by atoms with Crippen molar-refractivity contribution in [2.45, 2.75) is 242 Å². The van der Waals surface area contributed by atoms with Crippen LogP contribution >= 0.6 is 0 Å². The third kappa shape index (κ3) is 26.5. The lowest BCUT2D eigenvalue weighted by molar-refractivity contribution is -0.157. The highest BCUT2D eigenvalue weighted by Crippen LogP contribution is 2.33. The fourth-order valence-corrected chi connectivity index (χ4v) is 13.2. The summed E-state index contributed by atoms with van der Waals surface area (Å²) in [7, 11) is 9.92. The van der Waals surface area contributed by atoms with Gasteiger partial charge in [0.25, 0.3) is 0 Å². The van der Waals surface area contributed by atoms with E-state index in [-0.39, 0.29) is 68.5 Å². The van der Waals surface area contributed by atoms with Gasteiger partial charge in [-0.25, -0.2) is 0 Å². The molecule has 0 bridgehead atoms. The highest BCUT2D eigenvalue weighted by molar-refractivity contribution is 6.00. The predicted molar refractivity (Wildman–Crippen MR) is 410 cm³/mol. The van der Waals surface area contributed by atoms with E-state index in [2.05, 4.69) is 21.3 Å². The number of nitrogens with one attached hydrogen (secondary N) is 4. The summed E-state index contributed by atoms with van der Waals surface area (Å²) in [6, 6.07) is -6.54. The minimum Gasteiger partial charge on any atom is -0.454 e. The molecule has 3 aliphatic heterocycles. The van der Waals surface area contributed by atoms with E-state index >= 15 is 9.59 Å². The number of hydrogen-bond donors (Lipinski definition) is 5. The van der Waals surface area contributed by atoms with E-state index in [1.54, 1.807) is 66.7 Å². The Morgan fingerprint density at radius 1 is 0.528 bits per heavy atom. The normalized spacial score (nSPS) is 25.1. The number of amides is 12. The minimum atomic E-state index is -1.61. The Bertz CT molecular complexity index is 3230. The second-order valence-electron chi connectivity index (χ2n) is 31.3. The van der Waals surface area contributed by atoms with Crippen LogP contribution in [0.25, 0.3) is 6.08 Å². The standard InChI is InChI=1S/C62H111N11O12.C17H19NO3/c1-25-27-28-40(15)52(75)51-56(79)65-43(26-2)58(81)67(18)33-48(74)68(19)44(29-34(3)4)55(78)66-49(38(11)12)61(84)69(20)45(30-35(5)6)54(77)63-41(16)53(76)64-42(17)57(80)70(21)46(31-36(7)8)59(82)71(22)47(32-37(9)10)60(83)72(23)50(39(13)14)62(85)73(51)24;19-17(18-10-4-1-5-11-18)7-3-2-6-14-8-9-15-16(12-14)21-13-20-15/h25,27,34-47,49-52,75H,26,28-33H2,1-24H3,(H,63,77)(H,64,76)(H,65,79)(H,66,78);2-3,6-9,12H,1,4-5,10-11,13H2. The number of rotatable bonds is 18. The number of carbonyl (C=O) groups excluding carboxylic acids is 12. The van der Waals surface area contributed by atoms with Crippen LogP contribution in [0.2, 0.25) is 0 Å². The number of likely N-dealkylation sites (tertiary alicyclic amines) is 1. The zero-order valence-corrected chi connectivity index (χ0v) is 68.0. The van der Waals surface area contributed by atoms with Crippen LogP contribution in [0.4, 0.5) is 0 Å². The maximum Gasteiger partial charge on any atom is 0.246 e. The molecule has 0 aromatic heterocycles. The van der Waals surface area contributed by atoms with Gasteiger partial charge in [-0.2, -0.15) is 0 Å². The zero-order valence-electron chi connectivity index (χ0n) is 68.0. The molecule has 12 unspecified atom stereocenters. The molecule has 0 radical (unpaired) electrons. The van der Waals surface area contributed by atoms with Crippen LogP contribution < -0.4 is 30.7 Å². The Kier molecular flexibility index (Phi) is 37.6. The van der Waals surface area contributed by atoms with Gasteiger partial charge in [-0.05, 0) is 138 Å². The van der Waals surface area contributed by atoms with Crippen molar-refractivity contribution in [3.05, 3.63) is 54.1 Å². The lowest BCUT2D eigenvalue weighted by Gasteiger charge is -2.41. The van der Waals surface area contributed by atoms with Crippen LogP contribution in [-0.2, 0) is 57.5 Å². The highest BCUT2D eigenvalue weighted by atomic mass is 16.7. The summed E-state index contributed by atoms with van der Waals surface area (Å²) >= 11 is 0. The van der Waals surface area contributed by atoms with E-state index in [0.29, 0.717) is 6.42 Å². The number of fused-ring (bicyclic) bond motifs is 1. The molecule has 12 atom stereocenters. The van der Waals surface area contributed by atoms with Gasteiger partial charge in [0, 0.05) is 68.5 Å². The summed E-state index contributed by atoms with van der Waals surface area (Å²) in [5.74, 6) is -8.06. The number of ether oxygens (including phenoxy) is 2. The van der Waals surface area contributed by atoms with Crippen molar-refractivity contribution in [1.29, 1.82) is 0 Å². The van der Waals surface area contributed by atoms with E-state index in [0.717, 1.165) is 52.8 Å². The number of hydrogen-bond acceptors (Lipinski definition) is 15. The average Bonchev–Trinajstić information content (AvgIpc) is 1.82. The quantitative estimate of drug-likeness (QED) is 0.0615. The average molecular weight is 1490 g/mol. The molecule has 27 nitrogen and oxygen atoms in total. The highest BCUT2D eigenvalue weighted by Gasteiger charge is 2.46. The summed E-state index contributed by atoms with van der Waals surface area (Å²) in [6.07, 6.45) is 13.8. The topological polar surface area (TPSA) is 318 Å². The molecule has 2 fully saturated rings. The summed E-state index contributed by atoms with van der Waals surface area (Å²) in [4.78, 5) is 182. The van der Waals surface area contributed by atoms with Crippen LogP contribution in [0.5, 0.6) is 11.5 Å². The van der Waals surface area contributed by atoms with Crippen molar-refractivity contribution in [3.8, 4) is 11.5 Å². The molecular weight excluding hydrogens is 1360 g/mol. The van der Waals surface area contributed by atoms with Gasteiger partial charge in [-0.3, -0.25) is 57.5 Å². The number of carbonyl (C=O) groups is 12. The fraction of sp³-hybridized carbons (Fsp3) is 0.696. The van der Waals surface area contributed by atoms with Gasteiger partial charge in [0.2, 0.25) is 77.7 Å². The number of likely N-dealkylation sites (N-methyl/N-ethyl adjacent to an activating group) is 7. The Balaban J connectivity index is 0.00000117. The Hall–Kier alpha value is -8.36. The predicted octanol–water partition coefficient (Wildman–Crippen LogP) is 6.27. The molecule has 2 saturated heterocycles. The van der Waals surface area contributed by atoms with Crippen molar-refractivity contribution >= 4 is 77.0 Å². The largest absolute Gasteiger partial charge is 0.454 e. The first-order chi connectivity index (χ1) is 49.5. The third-order valence-electron chi connectivity index (χ3n) is 19.8. The van der Waals surface area contributed by atoms with Gasteiger partial charge in [0.05, 0.1) is 12.6 Å². The van der Waals surface area contributed by atoms with E-state index in [4.69, 9.17) is 9.47 Å². The Morgan fingerprint density at radius 3 is 1.55 bits per heavy atom. The first-order valence-corrected chi connectivity index (χ1v) is 37.9. The molecule has 4 rings (SSSR count). The van der Waals surface area contributed by atoms with E-state index in [1.807, 2.05) is 96.7 Å². The maximum atomic E-state index is 15.1. The lowest BCUT2D eigenvalue weighted by atomic mass is 9.91. The van der Waals surface area contributed by atoms with Crippen LogP contribution in [-0.4, -0.2) is 257 Å². The monoisotopic (exact) mass is 1490 g/mol. The van der Waals surface area contributed by atoms with E-state index in [1.165, 1.54) is 94.1 Å². The number of aliphatic hydroxyl groups is 1. The minimum absolute atomic E-state index is 0.0229. The molecule has 3 heterocycles. The molecule has 27 heteroatoms. The third-order valence-corrected chi connectivity index (χ3v) is 19.8. The molecule has 0 saturated carbocycles. The number of benzene rings is 1. The first kappa shape index (κ1) is 91.8. The van der Waals surface area contributed by atoms with E-state index < -0.39 is 156 Å². The maximum absolute atomic E-state index is 15.1. The van der Waals surface area contributed by atoms with Gasteiger partial charge < -0.3 is 75.0 Å². The number of nitrogens with zero attached hydrogens (tertiary/aromatic N) is 8. The molecule has 3 aliphatic rings. The fourth-order valence-electron chi connectivity index (χ4n) is 13.2. The van der Waals surface area contributed by atoms with E-state index in [9.17, 15) is 53.1 Å². The molecule has 1 aromatic rings. The summed E-state index contributed by atoms with van der Waals surface area (Å²) in [5.41, 5.74) is 1.02. The molecule has 0 spiro atoms. The smallest absolute Gasteiger partial charge is 0.246 e. The second kappa shape index (κ2) is 43.4. The van der Waals surface area contributed by atoms with Crippen molar-refractivity contribution in [3.63, 3.8) is 0 Å². The lowest BCUT2D eigenvalue weighted by Crippen LogP contribution is -2.63.